The van der Waals surface area contributed by atoms with Crippen molar-refractivity contribution >= 4 is 51.6 Å². The molecule has 0 saturated carbocycles. The minimum Gasteiger partial charge on any atom is -0.483 e. The number of nitrogens with one attached hydrogen (secondary N) is 1. The van der Waals surface area contributed by atoms with Gasteiger partial charge in [-0.1, -0.05) is 41.6 Å². The molecule has 0 bridgehead atoms. The number of rotatable bonds is 10. The summed E-state index contributed by atoms with van der Waals surface area (Å²) in [5, 5.41) is 14.5. The SMILES string of the molecule is CCn1c(SCC(=O)Nc2scc(-c3ccc(F)cc3)c2C(=O)OC)nnc1C(C)Oc1cccc(Cl)c1. The smallest absolute Gasteiger partial charge is 0.341 e. The van der Waals surface area contributed by atoms with E-state index in [1.165, 1.54) is 42.3 Å². The molecule has 0 aliphatic rings. The first-order valence-electron chi connectivity index (χ1n) is 11.5. The molecule has 0 radical (unpaired) electrons. The number of carbonyl (C=O) groups excluding carboxylic acids is 2. The molecule has 4 aromatic rings. The van der Waals surface area contributed by atoms with Crippen LogP contribution in [0.25, 0.3) is 11.1 Å². The normalized spacial score (nSPS) is 11.7. The Kier molecular flexibility index (Phi) is 9.03. The van der Waals surface area contributed by atoms with E-state index in [9.17, 15) is 14.0 Å². The van der Waals surface area contributed by atoms with E-state index in [1.807, 2.05) is 24.5 Å². The van der Waals surface area contributed by atoms with Crippen LogP contribution in [0, 0.1) is 5.82 Å². The van der Waals surface area contributed by atoms with Crippen molar-refractivity contribution in [1.82, 2.24) is 14.8 Å². The molecule has 1 atom stereocenters. The van der Waals surface area contributed by atoms with E-state index in [0.29, 0.717) is 44.4 Å². The molecule has 0 aliphatic heterocycles. The zero-order valence-corrected chi connectivity index (χ0v) is 23.1. The summed E-state index contributed by atoms with van der Waals surface area (Å²) < 4.78 is 26.2. The zero-order valence-electron chi connectivity index (χ0n) is 20.7. The third-order valence-electron chi connectivity index (χ3n) is 5.46. The molecule has 12 heteroatoms. The fourth-order valence-electron chi connectivity index (χ4n) is 3.69. The maximum Gasteiger partial charge on any atom is 0.341 e. The molecular weight excluding hydrogens is 551 g/mol. The number of hydrogen-bond acceptors (Lipinski definition) is 8. The Morgan fingerprint density at radius 2 is 1.97 bits per heavy atom. The third-order valence-corrected chi connectivity index (χ3v) is 7.55. The largest absolute Gasteiger partial charge is 0.483 e. The number of methoxy groups -OCH3 is 1. The second kappa shape index (κ2) is 12.4. The van der Waals surface area contributed by atoms with Gasteiger partial charge < -0.3 is 19.4 Å². The highest BCUT2D eigenvalue weighted by molar-refractivity contribution is 7.99. The summed E-state index contributed by atoms with van der Waals surface area (Å²) in [5.41, 5.74) is 1.40. The molecule has 2 heterocycles. The number of ether oxygens (including phenoxy) is 2. The number of thiophene rings is 1. The van der Waals surface area contributed by atoms with Crippen molar-refractivity contribution < 1.29 is 23.5 Å². The molecule has 1 unspecified atom stereocenters. The first-order chi connectivity index (χ1) is 18.3. The molecule has 38 heavy (non-hydrogen) atoms. The number of amides is 1. The van der Waals surface area contributed by atoms with Crippen LogP contribution in [0.4, 0.5) is 9.39 Å². The van der Waals surface area contributed by atoms with Crippen molar-refractivity contribution in [3.63, 3.8) is 0 Å². The van der Waals surface area contributed by atoms with Crippen LogP contribution in [0.3, 0.4) is 0 Å². The Balaban J connectivity index is 1.45. The van der Waals surface area contributed by atoms with Gasteiger partial charge in [0.1, 0.15) is 22.1 Å². The van der Waals surface area contributed by atoms with Crippen LogP contribution in [0.2, 0.25) is 5.02 Å². The molecule has 0 fully saturated rings. The Labute approximate surface area is 232 Å². The molecule has 4 rings (SSSR count). The third kappa shape index (κ3) is 6.35. The topological polar surface area (TPSA) is 95.3 Å². The van der Waals surface area contributed by atoms with E-state index in [-0.39, 0.29) is 23.0 Å². The van der Waals surface area contributed by atoms with Crippen molar-refractivity contribution in [2.24, 2.45) is 0 Å². The van der Waals surface area contributed by atoms with Gasteiger partial charge in [0.15, 0.2) is 17.1 Å². The Morgan fingerprint density at radius 1 is 1.21 bits per heavy atom. The van der Waals surface area contributed by atoms with Crippen LogP contribution in [0.5, 0.6) is 5.75 Å². The van der Waals surface area contributed by atoms with Crippen LogP contribution in [-0.4, -0.2) is 39.5 Å². The number of aromatic nitrogens is 3. The Morgan fingerprint density at radius 3 is 2.66 bits per heavy atom. The predicted octanol–water partition coefficient (Wildman–Crippen LogP) is 6.48. The average molecular weight is 575 g/mol. The lowest BCUT2D eigenvalue weighted by Gasteiger charge is -2.15. The van der Waals surface area contributed by atoms with Crippen LogP contribution in [0.15, 0.2) is 59.1 Å². The number of hydrogen-bond donors (Lipinski definition) is 1. The summed E-state index contributed by atoms with van der Waals surface area (Å²) >= 11 is 8.46. The highest BCUT2D eigenvalue weighted by Crippen LogP contribution is 2.36. The molecule has 1 N–H and O–H groups in total. The number of benzene rings is 2. The van der Waals surface area contributed by atoms with Crippen molar-refractivity contribution in [2.45, 2.75) is 31.7 Å². The van der Waals surface area contributed by atoms with Crippen LogP contribution in [0.1, 0.15) is 36.1 Å². The lowest BCUT2D eigenvalue weighted by atomic mass is 10.0. The second-order valence-corrected chi connectivity index (χ2v) is 10.2. The van der Waals surface area contributed by atoms with E-state index in [1.54, 1.807) is 35.7 Å². The minimum atomic E-state index is -0.599. The summed E-state index contributed by atoms with van der Waals surface area (Å²) in [5.74, 6) is -0.0537. The highest BCUT2D eigenvalue weighted by Gasteiger charge is 2.23. The van der Waals surface area contributed by atoms with E-state index >= 15 is 0 Å². The van der Waals surface area contributed by atoms with E-state index in [0.717, 1.165) is 0 Å². The van der Waals surface area contributed by atoms with Crippen molar-refractivity contribution in [1.29, 1.82) is 0 Å². The Bertz CT molecular complexity index is 1440. The summed E-state index contributed by atoms with van der Waals surface area (Å²) in [7, 11) is 1.27. The van der Waals surface area contributed by atoms with Gasteiger partial charge in [-0.2, -0.15) is 0 Å². The quantitative estimate of drug-likeness (QED) is 0.171. The molecular formula is C26H24ClFN4O4S2. The highest BCUT2D eigenvalue weighted by atomic mass is 35.5. The van der Waals surface area contributed by atoms with Crippen molar-refractivity contribution in [3.05, 3.63) is 76.1 Å². The average Bonchev–Trinajstić information content (AvgIpc) is 3.51. The number of halogens is 2. The first-order valence-corrected chi connectivity index (χ1v) is 13.8. The monoisotopic (exact) mass is 574 g/mol. The summed E-state index contributed by atoms with van der Waals surface area (Å²) in [6, 6.07) is 12.8. The standard InChI is InChI=1S/C26H24ClFN4O4S2/c1-4-32-23(15(2)36-19-7-5-6-17(27)12-19)30-31-26(32)38-14-21(33)29-24-22(25(34)35-3)20(13-37-24)16-8-10-18(28)11-9-16/h5-13,15H,4,14H2,1-3H3,(H,29,33). The van der Waals surface area contributed by atoms with Crippen LogP contribution >= 0.6 is 34.7 Å². The van der Waals surface area contributed by atoms with Gasteiger partial charge in [0.2, 0.25) is 5.91 Å². The van der Waals surface area contributed by atoms with Crippen molar-refractivity contribution in [3.8, 4) is 16.9 Å². The van der Waals surface area contributed by atoms with Gasteiger partial charge in [-0.15, -0.1) is 21.5 Å². The van der Waals surface area contributed by atoms with Gasteiger partial charge in [-0.25, -0.2) is 9.18 Å². The van der Waals surface area contributed by atoms with Gasteiger partial charge in [0.25, 0.3) is 0 Å². The van der Waals surface area contributed by atoms with Crippen molar-refractivity contribution in [2.75, 3.05) is 18.2 Å². The minimum absolute atomic E-state index is 0.0338. The first kappa shape index (κ1) is 27.6. The van der Waals surface area contributed by atoms with Gasteiger partial charge in [-0.05, 0) is 49.7 Å². The van der Waals surface area contributed by atoms with E-state index in [4.69, 9.17) is 21.1 Å². The van der Waals surface area contributed by atoms with Crippen LogP contribution in [-0.2, 0) is 16.1 Å². The van der Waals surface area contributed by atoms with E-state index < -0.39 is 12.1 Å². The molecule has 0 aliphatic carbocycles. The fourth-order valence-corrected chi connectivity index (χ4v) is 5.65. The molecule has 198 valence electrons. The lowest BCUT2D eigenvalue weighted by Crippen LogP contribution is -2.17. The molecule has 2 aromatic carbocycles. The van der Waals surface area contributed by atoms with Gasteiger partial charge in [0, 0.05) is 22.5 Å². The number of carbonyl (C=O) groups is 2. The van der Waals surface area contributed by atoms with E-state index in [2.05, 4.69) is 15.5 Å². The van der Waals surface area contributed by atoms with Crippen LogP contribution < -0.4 is 10.1 Å². The molecule has 8 nitrogen and oxygen atoms in total. The van der Waals surface area contributed by atoms with Gasteiger partial charge in [0.05, 0.1) is 12.9 Å². The summed E-state index contributed by atoms with van der Waals surface area (Å²) in [4.78, 5) is 25.4. The molecule has 2 aromatic heterocycles. The number of esters is 1. The fraction of sp³-hybridized carbons (Fsp3) is 0.231. The zero-order chi connectivity index (χ0) is 27.2. The maximum atomic E-state index is 13.4. The summed E-state index contributed by atoms with van der Waals surface area (Å²) in [6.45, 7) is 4.39. The maximum absolute atomic E-state index is 13.4. The number of thioether (sulfide) groups is 1. The summed E-state index contributed by atoms with van der Waals surface area (Å²) in [6.07, 6.45) is -0.400. The molecule has 0 spiro atoms. The lowest BCUT2D eigenvalue weighted by molar-refractivity contribution is -0.113. The Hall–Kier alpha value is -3.41. The number of nitrogens with zero attached hydrogens (tertiary/aromatic N) is 3. The molecule has 0 saturated heterocycles. The molecule has 1 amide bonds. The van der Waals surface area contributed by atoms with Gasteiger partial charge >= 0.3 is 5.97 Å². The predicted molar refractivity (Wildman–Crippen MR) is 147 cm³/mol. The number of anilines is 1. The second-order valence-electron chi connectivity index (χ2n) is 7.99. The van der Waals surface area contributed by atoms with Gasteiger partial charge in [-0.3, -0.25) is 4.79 Å².